The fraction of sp³-hybridized carbons (Fsp3) is 0.409. The molecule has 0 saturated carbocycles. The Hall–Kier alpha value is -2.21. The van der Waals surface area contributed by atoms with Crippen molar-refractivity contribution in [2.75, 3.05) is 26.2 Å². The van der Waals surface area contributed by atoms with Gasteiger partial charge in [0.05, 0.1) is 0 Å². The Kier molecular flexibility index (Phi) is 6.61. The normalized spacial score (nSPS) is 23.6. The van der Waals surface area contributed by atoms with Crippen molar-refractivity contribution in [3.8, 4) is 5.75 Å². The Labute approximate surface area is 160 Å². The highest BCUT2D eigenvalue weighted by atomic mass is 16.5. The summed E-state index contributed by atoms with van der Waals surface area (Å²) in [5.41, 5.74) is 1.29. The average Bonchev–Trinajstić information content (AvgIpc) is 2.66. The number of aliphatic hydroxyl groups excluding tert-OH is 1. The molecule has 1 aliphatic heterocycles. The van der Waals surface area contributed by atoms with Crippen molar-refractivity contribution in [1.29, 1.82) is 0 Å². The van der Waals surface area contributed by atoms with E-state index >= 15 is 0 Å². The lowest BCUT2D eigenvalue weighted by molar-refractivity contribution is -0.918. The fourth-order valence-corrected chi connectivity index (χ4v) is 3.60. The average molecular weight is 370 g/mol. The molecule has 2 aromatic carbocycles. The molecule has 1 fully saturated rings. The maximum absolute atomic E-state index is 12.4. The van der Waals surface area contributed by atoms with Crippen molar-refractivity contribution < 1.29 is 24.3 Å². The van der Waals surface area contributed by atoms with E-state index in [1.54, 1.807) is 36.4 Å². The van der Waals surface area contributed by atoms with Gasteiger partial charge in [0.25, 0.3) is 0 Å². The minimum absolute atomic E-state index is 0.0126. The van der Waals surface area contributed by atoms with Crippen molar-refractivity contribution in [3.63, 3.8) is 0 Å². The summed E-state index contributed by atoms with van der Waals surface area (Å²) in [5.74, 6) is 0.638. The minimum atomic E-state index is -0.539. The zero-order valence-electron chi connectivity index (χ0n) is 15.9. The molecule has 0 aromatic heterocycles. The number of nitrogens with one attached hydrogen (secondary N) is 1. The van der Waals surface area contributed by atoms with Crippen LogP contribution in [0.4, 0.5) is 0 Å². The molecule has 144 valence electrons. The van der Waals surface area contributed by atoms with Crippen molar-refractivity contribution in [1.82, 2.24) is 0 Å². The molecule has 0 spiro atoms. The molecule has 1 heterocycles. The van der Waals surface area contributed by atoms with Crippen LogP contribution >= 0.6 is 0 Å². The molecular weight excluding hydrogens is 342 g/mol. The molecule has 5 nitrogen and oxygen atoms in total. The second-order valence-corrected chi connectivity index (χ2v) is 7.30. The minimum Gasteiger partial charge on any atom is -0.491 e. The number of hydrogen-bond donors (Lipinski definition) is 2. The summed E-state index contributed by atoms with van der Waals surface area (Å²) in [4.78, 5) is 13.7. The summed E-state index contributed by atoms with van der Waals surface area (Å²) in [7, 11) is 0. The van der Waals surface area contributed by atoms with E-state index in [-0.39, 0.29) is 24.6 Å². The van der Waals surface area contributed by atoms with Gasteiger partial charge in [-0.3, -0.25) is 4.79 Å². The summed E-state index contributed by atoms with van der Waals surface area (Å²) >= 11 is 0. The zero-order valence-corrected chi connectivity index (χ0v) is 15.9. The number of morpholine rings is 1. The third-order valence-corrected chi connectivity index (χ3v) is 4.74. The monoisotopic (exact) mass is 370 g/mol. The highest BCUT2D eigenvalue weighted by molar-refractivity contribution is 6.08. The summed E-state index contributed by atoms with van der Waals surface area (Å²) < 4.78 is 11.4. The lowest BCUT2D eigenvalue weighted by Gasteiger charge is -2.33. The molecule has 27 heavy (non-hydrogen) atoms. The van der Waals surface area contributed by atoms with Crippen LogP contribution in [-0.4, -0.2) is 55.4 Å². The quantitative estimate of drug-likeness (QED) is 0.723. The van der Waals surface area contributed by atoms with E-state index in [4.69, 9.17) is 9.47 Å². The van der Waals surface area contributed by atoms with Crippen molar-refractivity contribution >= 4 is 5.78 Å². The standard InChI is InChI=1S/C22H27NO4/c1-16-12-23(13-17(2)27-16)14-20(24)15-26-21-10-8-19(9-11-21)22(25)18-6-4-3-5-7-18/h3-11,16-17,20,24H,12-15H2,1-2H3/p+1/t16-,17-,20+/m1/s1. The predicted molar refractivity (Wildman–Crippen MR) is 103 cm³/mol. The second-order valence-electron chi connectivity index (χ2n) is 7.30. The van der Waals surface area contributed by atoms with Gasteiger partial charge in [-0.2, -0.15) is 0 Å². The van der Waals surface area contributed by atoms with Gasteiger partial charge in [-0.15, -0.1) is 0 Å². The van der Waals surface area contributed by atoms with Crippen molar-refractivity contribution in [2.45, 2.75) is 32.2 Å². The number of aliphatic hydroxyl groups is 1. The van der Waals surface area contributed by atoms with E-state index in [0.717, 1.165) is 13.1 Å². The van der Waals surface area contributed by atoms with Crippen molar-refractivity contribution in [3.05, 3.63) is 65.7 Å². The summed E-state index contributed by atoms with van der Waals surface area (Å²) in [6.07, 6.45) is -0.110. The lowest BCUT2D eigenvalue weighted by Crippen LogP contribution is -3.16. The van der Waals surface area contributed by atoms with Crippen LogP contribution in [0.2, 0.25) is 0 Å². The Bertz CT molecular complexity index is 722. The molecule has 1 saturated heterocycles. The Morgan fingerprint density at radius 2 is 1.67 bits per heavy atom. The molecular formula is C22H28NO4+. The first-order valence-electron chi connectivity index (χ1n) is 9.51. The number of benzene rings is 2. The summed E-state index contributed by atoms with van der Waals surface area (Å²) in [5, 5.41) is 10.3. The Morgan fingerprint density at radius 1 is 1.07 bits per heavy atom. The molecule has 0 bridgehead atoms. The van der Waals surface area contributed by atoms with Gasteiger partial charge in [0.15, 0.2) is 5.78 Å². The van der Waals surface area contributed by atoms with Crippen LogP contribution in [0, 0.1) is 0 Å². The topological polar surface area (TPSA) is 60.2 Å². The molecule has 5 heteroatoms. The highest BCUT2D eigenvalue weighted by Crippen LogP contribution is 2.15. The van der Waals surface area contributed by atoms with E-state index in [2.05, 4.69) is 13.8 Å². The van der Waals surface area contributed by atoms with Gasteiger partial charge >= 0.3 is 0 Å². The third-order valence-electron chi connectivity index (χ3n) is 4.74. The molecule has 0 aliphatic carbocycles. The van der Waals surface area contributed by atoms with Gasteiger partial charge in [-0.25, -0.2) is 0 Å². The van der Waals surface area contributed by atoms with E-state index < -0.39 is 6.10 Å². The van der Waals surface area contributed by atoms with Gasteiger partial charge in [-0.1, -0.05) is 30.3 Å². The number of rotatable bonds is 7. The second kappa shape index (κ2) is 9.13. The van der Waals surface area contributed by atoms with Gasteiger partial charge < -0.3 is 19.5 Å². The van der Waals surface area contributed by atoms with Crippen LogP contribution in [0.5, 0.6) is 5.75 Å². The highest BCUT2D eigenvalue weighted by Gasteiger charge is 2.27. The zero-order chi connectivity index (χ0) is 19.2. The maximum Gasteiger partial charge on any atom is 0.193 e. The number of carbonyl (C=O) groups excluding carboxylic acids is 1. The van der Waals surface area contributed by atoms with Gasteiger partial charge in [0.1, 0.15) is 50.3 Å². The van der Waals surface area contributed by atoms with Crippen LogP contribution in [0.1, 0.15) is 29.8 Å². The summed E-state index contributed by atoms with van der Waals surface area (Å²) in [6, 6.07) is 16.3. The Morgan fingerprint density at radius 3 is 2.30 bits per heavy atom. The SMILES string of the molecule is C[C@@H]1C[NH+](C[C@H](O)COc2ccc(C(=O)c3ccccc3)cc2)C[C@@H](C)O1. The molecule has 0 radical (unpaired) electrons. The number of carbonyl (C=O) groups is 1. The number of ether oxygens (including phenoxy) is 2. The predicted octanol–water partition coefficient (Wildman–Crippen LogP) is 1.35. The molecule has 0 unspecified atom stereocenters. The fourth-order valence-electron chi connectivity index (χ4n) is 3.60. The number of quaternary nitrogens is 1. The van der Waals surface area contributed by atoms with Gasteiger partial charge in [0.2, 0.25) is 0 Å². The largest absolute Gasteiger partial charge is 0.491 e. The maximum atomic E-state index is 12.4. The van der Waals surface area contributed by atoms with E-state index in [0.29, 0.717) is 23.4 Å². The molecule has 2 aromatic rings. The van der Waals surface area contributed by atoms with Gasteiger partial charge in [0, 0.05) is 11.1 Å². The van der Waals surface area contributed by atoms with Crippen molar-refractivity contribution in [2.24, 2.45) is 0 Å². The first-order chi connectivity index (χ1) is 13.0. The summed E-state index contributed by atoms with van der Waals surface area (Å²) in [6.45, 7) is 6.81. The van der Waals surface area contributed by atoms with E-state index in [1.807, 2.05) is 18.2 Å². The van der Waals surface area contributed by atoms with Crippen LogP contribution in [0.15, 0.2) is 54.6 Å². The lowest BCUT2D eigenvalue weighted by atomic mass is 10.0. The van der Waals surface area contributed by atoms with E-state index in [9.17, 15) is 9.90 Å². The first kappa shape index (κ1) is 19.5. The molecule has 3 rings (SSSR count). The van der Waals surface area contributed by atoms with Crippen LogP contribution < -0.4 is 9.64 Å². The molecule has 2 N–H and O–H groups in total. The third kappa shape index (κ3) is 5.63. The van der Waals surface area contributed by atoms with Crippen LogP contribution in [-0.2, 0) is 4.74 Å². The number of ketones is 1. The smallest absolute Gasteiger partial charge is 0.193 e. The Balaban J connectivity index is 1.49. The number of hydrogen-bond acceptors (Lipinski definition) is 4. The van der Waals surface area contributed by atoms with Crippen LogP contribution in [0.25, 0.3) is 0 Å². The molecule has 1 aliphatic rings. The van der Waals surface area contributed by atoms with E-state index in [1.165, 1.54) is 4.90 Å². The van der Waals surface area contributed by atoms with Crippen LogP contribution in [0.3, 0.4) is 0 Å². The molecule has 0 amide bonds. The molecule has 3 atom stereocenters. The van der Waals surface area contributed by atoms with Gasteiger partial charge in [-0.05, 0) is 38.1 Å². The first-order valence-corrected chi connectivity index (χ1v) is 9.51.